The number of methoxy groups -OCH3 is 3. The molecular formula is C22H24N4O4. The van der Waals surface area contributed by atoms with Crippen molar-refractivity contribution < 1.29 is 19.0 Å². The number of amides is 1. The zero-order valence-corrected chi connectivity index (χ0v) is 17.6. The van der Waals surface area contributed by atoms with E-state index in [2.05, 4.69) is 15.4 Å². The van der Waals surface area contributed by atoms with Crippen molar-refractivity contribution in [3.05, 3.63) is 59.6 Å². The Morgan fingerprint density at radius 1 is 1.03 bits per heavy atom. The van der Waals surface area contributed by atoms with Crippen LogP contribution in [0.5, 0.6) is 17.2 Å². The lowest BCUT2D eigenvalue weighted by Gasteiger charge is -2.12. The third kappa shape index (κ3) is 4.60. The number of aromatic nitrogens is 3. The fourth-order valence-electron chi connectivity index (χ4n) is 3.00. The topological polar surface area (TPSA) is 87.5 Å². The van der Waals surface area contributed by atoms with Gasteiger partial charge in [0.1, 0.15) is 0 Å². The minimum Gasteiger partial charge on any atom is -0.493 e. The molecule has 1 amide bonds. The summed E-state index contributed by atoms with van der Waals surface area (Å²) >= 11 is 0. The number of hydrogen-bond donors (Lipinski definition) is 1. The van der Waals surface area contributed by atoms with E-state index in [4.69, 9.17) is 14.2 Å². The molecule has 0 spiro atoms. The molecule has 2 heterocycles. The fraction of sp³-hybridized carbons (Fsp3) is 0.227. The Morgan fingerprint density at radius 3 is 2.23 bits per heavy atom. The van der Waals surface area contributed by atoms with Crippen LogP contribution in [0.3, 0.4) is 0 Å². The minimum absolute atomic E-state index is 0.288. The monoisotopic (exact) mass is 408 g/mol. The average Bonchev–Trinajstić information content (AvgIpc) is 3.09. The first-order chi connectivity index (χ1) is 14.4. The molecule has 0 aliphatic carbocycles. The fourth-order valence-corrected chi connectivity index (χ4v) is 3.00. The third-order valence-corrected chi connectivity index (χ3v) is 4.36. The third-order valence-electron chi connectivity index (χ3n) is 4.36. The van der Waals surface area contributed by atoms with E-state index in [0.29, 0.717) is 28.8 Å². The highest BCUT2D eigenvalue weighted by Gasteiger charge is 2.12. The lowest BCUT2D eigenvalue weighted by atomic mass is 10.1. The molecule has 30 heavy (non-hydrogen) atoms. The summed E-state index contributed by atoms with van der Waals surface area (Å²) in [5.41, 5.74) is 3.23. The molecule has 156 valence electrons. The van der Waals surface area contributed by atoms with Gasteiger partial charge in [0.15, 0.2) is 17.3 Å². The van der Waals surface area contributed by atoms with Gasteiger partial charge < -0.3 is 19.5 Å². The van der Waals surface area contributed by atoms with Crippen LogP contribution in [0.4, 0.5) is 5.69 Å². The van der Waals surface area contributed by atoms with Gasteiger partial charge in [-0.2, -0.15) is 5.10 Å². The van der Waals surface area contributed by atoms with Crippen LogP contribution < -0.4 is 19.5 Å². The molecule has 3 rings (SSSR count). The molecule has 0 atom stereocenters. The molecule has 1 N–H and O–H groups in total. The maximum atomic E-state index is 12.3. The number of carbonyl (C=O) groups excluding carboxylic acids is 1. The highest BCUT2D eigenvalue weighted by molar-refractivity contribution is 6.01. The molecule has 0 saturated heterocycles. The van der Waals surface area contributed by atoms with Crippen LogP contribution in [-0.2, 0) is 4.79 Å². The van der Waals surface area contributed by atoms with Crippen molar-refractivity contribution in [2.45, 2.75) is 13.8 Å². The Morgan fingerprint density at radius 2 is 1.73 bits per heavy atom. The highest BCUT2D eigenvalue weighted by atomic mass is 16.5. The summed E-state index contributed by atoms with van der Waals surface area (Å²) in [7, 11) is 4.62. The van der Waals surface area contributed by atoms with E-state index < -0.39 is 0 Å². The molecule has 0 radical (unpaired) electrons. The predicted molar refractivity (Wildman–Crippen MR) is 115 cm³/mol. The number of pyridine rings is 1. The first-order valence-corrected chi connectivity index (χ1v) is 9.24. The molecule has 2 aromatic heterocycles. The van der Waals surface area contributed by atoms with Gasteiger partial charge in [0.25, 0.3) is 0 Å². The van der Waals surface area contributed by atoms with E-state index >= 15 is 0 Å². The Hall–Kier alpha value is -3.81. The van der Waals surface area contributed by atoms with Gasteiger partial charge >= 0.3 is 0 Å². The van der Waals surface area contributed by atoms with Crippen LogP contribution in [-0.4, -0.2) is 42.0 Å². The number of benzene rings is 1. The number of nitrogens with one attached hydrogen (secondary N) is 1. The molecule has 0 fully saturated rings. The van der Waals surface area contributed by atoms with E-state index in [1.807, 2.05) is 19.9 Å². The Balaban J connectivity index is 1.71. The standard InChI is InChI=1S/C22H24N4O4/c1-14-10-15(2)26(25-14)20-8-7-17(13-23-20)24-21(27)9-6-16-11-18(28-3)22(30-5)19(12-16)29-4/h6-13H,1-5H3,(H,24,27)/b9-6+. The van der Waals surface area contributed by atoms with Crippen molar-refractivity contribution in [2.24, 2.45) is 0 Å². The first kappa shape index (κ1) is 20.9. The second kappa shape index (κ2) is 9.13. The molecule has 0 aliphatic heterocycles. The van der Waals surface area contributed by atoms with Gasteiger partial charge in [-0.25, -0.2) is 9.67 Å². The average molecular weight is 408 g/mol. The molecule has 3 aromatic rings. The number of aryl methyl sites for hydroxylation is 2. The van der Waals surface area contributed by atoms with Crippen LogP contribution in [0.2, 0.25) is 0 Å². The van der Waals surface area contributed by atoms with E-state index in [9.17, 15) is 4.79 Å². The Kier molecular flexibility index (Phi) is 6.36. The summed E-state index contributed by atoms with van der Waals surface area (Å²) in [6.07, 6.45) is 4.68. The predicted octanol–water partition coefficient (Wildman–Crippen LogP) is 3.56. The van der Waals surface area contributed by atoms with Crippen LogP contribution in [0, 0.1) is 13.8 Å². The molecule has 0 bridgehead atoms. The largest absolute Gasteiger partial charge is 0.493 e. The van der Waals surface area contributed by atoms with Gasteiger partial charge in [0, 0.05) is 11.8 Å². The molecule has 1 aromatic carbocycles. The SMILES string of the molecule is COc1cc(/C=C/C(=O)Nc2ccc(-n3nc(C)cc3C)nc2)cc(OC)c1OC. The maximum absolute atomic E-state index is 12.3. The zero-order chi connectivity index (χ0) is 21.7. The van der Waals surface area contributed by atoms with Crippen LogP contribution in [0.1, 0.15) is 17.0 Å². The lowest BCUT2D eigenvalue weighted by molar-refractivity contribution is -0.111. The number of hydrogen-bond acceptors (Lipinski definition) is 6. The summed E-state index contributed by atoms with van der Waals surface area (Å²) in [4.78, 5) is 16.7. The first-order valence-electron chi connectivity index (χ1n) is 9.24. The van der Waals surface area contributed by atoms with Gasteiger partial charge in [-0.1, -0.05) is 0 Å². The van der Waals surface area contributed by atoms with Gasteiger partial charge in [0.2, 0.25) is 11.7 Å². The molecule has 8 nitrogen and oxygen atoms in total. The highest BCUT2D eigenvalue weighted by Crippen LogP contribution is 2.38. The summed E-state index contributed by atoms with van der Waals surface area (Å²) in [5.74, 6) is 1.92. The maximum Gasteiger partial charge on any atom is 0.248 e. The van der Waals surface area contributed by atoms with Crippen LogP contribution in [0.15, 0.2) is 42.6 Å². The lowest BCUT2D eigenvalue weighted by Crippen LogP contribution is -2.09. The zero-order valence-electron chi connectivity index (χ0n) is 17.6. The van der Waals surface area contributed by atoms with Gasteiger partial charge in [-0.15, -0.1) is 0 Å². The summed E-state index contributed by atoms with van der Waals surface area (Å²) < 4.78 is 17.7. The van der Waals surface area contributed by atoms with E-state index in [1.165, 1.54) is 13.2 Å². The van der Waals surface area contributed by atoms with Crippen molar-refractivity contribution in [3.8, 4) is 23.1 Å². The van der Waals surface area contributed by atoms with E-state index in [1.54, 1.807) is 55.4 Å². The van der Waals surface area contributed by atoms with Crippen molar-refractivity contribution >= 4 is 17.7 Å². The Labute approximate surface area is 175 Å². The van der Waals surface area contributed by atoms with Crippen molar-refractivity contribution in [1.82, 2.24) is 14.8 Å². The normalized spacial score (nSPS) is 10.8. The number of anilines is 1. The van der Waals surface area contributed by atoms with E-state index in [-0.39, 0.29) is 5.91 Å². The van der Waals surface area contributed by atoms with Crippen molar-refractivity contribution in [3.63, 3.8) is 0 Å². The van der Waals surface area contributed by atoms with E-state index in [0.717, 1.165) is 17.0 Å². The van der Waals surface area contributed by atoms with Crippen LogP contribution in [0.25, 0.3) is 11.9 Å². The number of carbonyl (C=O) groups is 1. The van der Waals surface area contributed by atoms with Gasteiger partial charge in [0.05, 0.1) is 38.9 Å². The molecule has 8 heteroatoms. The quantitative estimate of drug-likeness (QED) is 0.602. The number of nitrogens with zero attached hydrogens (tertiary/aromatic N) is 3. The van der Waals surface area contributed by atoms with Crippen molar-refractivity contribution in [1.29, 1.82) is 0 Å². The summed E-state index contributed by atoms with van der Waals surface area (Å²) in [6, 6.07) is 9.08. The van der Waals surface area contributed by atoms with Crippen molar-refractivity contribution in [2.75, 3.05) is 26.6 Å². The Bertz CT molecular complexity index is 1050. The number of ether oxygens (including phenoxy) is 3. The minimum atomic E-state index is -0.288. The second-order valence-electron chi connectivity index (χ2n) is 6.53. The summed E-state index contributed by atoms with van der Waals surface area (Å²) in [5, 5.41) is 7.19. The van der Waals surface area contributed by atoms with Gasteiger partial charge in [-0.3, -0.25) is 4.79 Å². The molecule has 0 unspecified atom stereocenters. The van der Waals surface area contributed by atoms with Crippen LogP contribution >= 0.6 is 0 Å². The summed E-state index contributed by atoms with van der Waals surface area (Å²) in [6.45, 7) is 3.89. The van der Waals surface area contributed by atoms with Gasteiger partial charge in [-0.05, 0) is 55.8 Å². The number of rotatable bonds is 7. The second-order valence-corrected chi connectivity index (χ2v) is 6.53. The smallest absolute Gasteiger partial charge is 0.248 e. The molecule has 0 saturated carbocycles. The molecular weight excluding hydrogens is 384 g/mol. The molecule has 0 aliphatic rings.